The van der Waals surface area contributed by atoms with Gasteiger partial charge in [-0.25, -0.2) is 0 Å². The Bertz CT molecular complexity index is 981. The van der Waals surface area contributed by atoms with E-state index in [9.17, 15) is 9.59 Å². The highest BCUT2D eigenvalue weighted by atomic mass is 32.1. The fraction of sp³-hybridized carbons (Fsp3) is 0.360. The van der Waals surface area contributed by atoms with Crippen molar-refractivity contribution >= 4 is 46.2 Å². The van der Waals surface area contributed by atoms with Crippen LogP contribution in [0.5, 0.6) is 0 Å². The molecule has 0 saturated heterocycles. The lowest BCUT2D eigenvalue weighted by Crippen LogP contribution is -2.50. The summed E-state index contributed by atoms with van der Waals surface area (Å²) in [7, 11) is 3.36. The average molecular weight is 481 g/mol. The molecule has 0 bridgehead atoms. The van der Waals surface area contributed by atoms with E-state index in [4.69, 9.17) is 24.4 Å². The number of benzene rings is 2. The predicted molar refractivity (Wildman–Crippen MR) is 136 cm³/mol. The molecule has 2 aliphatic rings. The smallest absolute Gasteiger partial charge is 0.251 e. The quantitative estimate of drug-likeness (QED) is 0.488. The lowest BCUT2D eigenvalue weighted by molar-refractivity contribution is -0.134. The summed E-state index contributed by atoms with van der Waals surface area (Å²) in [6.07, 6.45) is 3.53. The second-order valence-corrected chi connectivity index (χ2v) is 9.86. The maximum Gasteiger partial charge on any atom is 0.251 e. The van der Waals surface area contributed by atoms with E-state index in [1.807, 2.05) is 60.7 Å². The van der Waals surface area contributed by atoms with Crippen LogP contribution in [0, 0.1) is 0 Å². The number of rotatable bonds is 6. The first-order valence-electron chi connectivity index (χ1n) is 11.0. The molecule has 2 aromatic rings. The summed E-state index contributed by atoms with van der Waals surface area (Å²) in [5, 5.41) is 2.91. The summed E-state index contributed by atoms with van der Waals surface area (Å²) in [5.74, 6) is -0.0264. The summed E-state index contributed by atoms with van der Waals surface area (Å²) in [4.78, 5) is 27.0. The Morgan fingerprint density at radius 2 is 1.06 bits per heavy atom. The number of nitrogens with zero attached hydrogens (tertiary/aromatic N) is 2. The molecule has 2 saturated carbocycles. The van der Waals surface area contributed by atoms with Crippen molar-refractivity contribution in [1.82, 2.24) is 20.9 Å². The maximum atomic E-state index is 13.1. The zero-order chi connectivity index (χ0) is 23.6. The third kappa shape index (κ3) is 4.77. The lowest BCUT2D eigenvalue weighted by atomic mass is 9.95. The molecule has 0 heterocycles. The van der Waals surface area contributed by atoms with Crippen LogP contribution in [0.2, 0.25) is 0 Å². The van der Waals surface area contributed by atoms with Crippen LogP contribution >= 0.6 is 24.4 Å². The summed E-state index contributed by atoms with van der Waals surface area (Å²) in [6, 6.07) is 19.7. The molecule has 172 valence electrons. The number of thiocarbonyl (C=S) groups is 2. The van der Waals surface area contributed by atoms with Crippen molar-refractivity contribution in [2.45, 2.75) is 42.9 Å². The van der Waals surface area contributed by atoms with Gasteiger partial charge in [0.15, 0.2) is 0 Å². The standard InChI is InChI=1S/C25H28N4O2S2/c1-28(22(30)24(13-14-24)18-9-5-3-6-10-18)26-20(32)17-21(33)27-29(2)23(31)25(15-16-25)19-11-7-4-8-12-19/h3-12H,13-17H2,1-2H3,(H,26,32)(H,27,33). The second kappa shape index (κ2) is 9.19. The molecular formula is C25H28N4O2S2. The van der Waals surface area contributed by atoms with Crippen LogP contribution in [-0.2, 0) is 20.4 Å². The molecule has 0 aliphatic heterocycles. The summed E-state index contributed by atoms with van der Waals surface area (Å²) >= 11 is 10.9. The lowest BCUT2D eigenvalue weighted by Gasteiger charge is -2.27. The van der Waals surface area contributed by atoms with Crippen LogP contribution in [-0.4, -0.2) is 45.9 Å². The molecule has 0 spiro atoms. The van der Waals surface area contributed by atoms with Crippen LogP contribution in [0.4, 0.5) is 0 Å². The molecule has 6 nitrogen and oxygen atoms in total. The van der Waals surface area contributed by atoms with Crippen LogP contribution in [0.25, 0.3) is 0 Å². The van der Waals surface area contributed by atoms with E-state index in [0.29, 0.717) is 9.98 Å². The van der Waals surface area contributed by atoms with Gasteiger partial charge < -0.3 is 0 Å². The van der Waals surface area contributed by atoms with E-state index < -0.39 is 10.8 Å². The van der Waals surface area contributed by atoms with Gasteiger partial charge in [-0.3, -0.25) is 30.5 Å². The molecule has 2 amide bonds. The van der Waals surface area contributed by atoms with Crippen molar-refractivity contribution in [2.75, 3.05) is 14.1 Å². The molecule has 8 heteroatoms. The van der Waals surface area contributed by atoms with Gasteiger partial charge in [-0.05, 0) is 36.8 Å². The minimum atomic E-state index is -0.472. The first-order valence-corrected chi connectivity index (χ1v) is 11.9. The van der Waals surface area contributed by atoms with Crippen LogP contribution in [0.3, 0.4) is 0 Å². The molecule has 33 heavy (non-hydrogen) atoms. The Hall–Kier alpha value is -2.84. The van der Waals surface area contributed by atoms with Gasteiger partial charge in [-0.2, -0.15) is 0 Å². The van der Waals surface area contributed by atoms with Gasteiger partial charge in [0.05, 0.1) is 17.3 Å². The van der Waals surface area contributed by atoms with Crippen LogP contribution in [0.1, 0.15) is 43.2 Å². The summed E-state index contributed by atoms with van der Waals surface area (Å²) < 4.78 is 0. The average Bonchev–Trinajstić information content (AvgIpc) is 3.73. The minimum absolute atomic E-state index is 0.0132. The predicted octanol–water partition coefficient (Wildman–Crippen LogP) is 3.42. The fourth-order valence-electron chi connectivity index (χ4n) is 4.36. The van der Waals surface area contributed by atoms with E-state index >= 15 is 0 Å². The topological polar surface area (TPSA) is 64.7 Å². The van der Waals surface area contributed by atoms with E-state index in [1.54, 1.807) is 14.1 Å². The van der Waals surface area contributed by atoms with E-state index in [-0.39, 0.29) is 18.2 Å². The van der Waals surface area contributed by atoms with Crippen molar-refractivity contribution in [3.63, 3.8) is 0 Å². The van der Waals surface area contributed by atoms with Crippen molar-refractivity contribution < 1.29 is 9.59 Å². The van der Waals surface area contributed by atoms with Crippen LogP contribution in [0.15, 0.2) is 60.7 Å². The highest BCUT2D eigenvalue weighted by molar-refractivity contribution is 7.82. The van der Waals surface area contributed by atoms with Crippen molar-refractivity contribution in [1.29, 1.82) is 0 Å². The number of nitrogens with one attached hydrogen (secondary N) is 2. The number of hydrogen-bond donors (Lipinski definition) is 2. The normalized spacial score (nSPS) is 16.8. The second-order valence-electron chi connectivity index (χ2n) is 8.87. The van der Waals surface area contributed by atoms with E-state index in [1.165, 1.54) is 10.0 Å². The molecule has 2 aliphatic carbocycles. The third-order valence-corrected chi connectivity index (χ3v) is 6.96. The molecule has 2 fully saturated rings. The zero-order valence-corrected chi connectivity index (χ0v) is 20.5. The molecule has 0 atom stereocenters. The molecular weight excluding hydrogens is 452 g/mol. The van der Waals surface area contributed by atoms with Crippen molar-refractivity contribution in [3.8, 4) is 0 Å². The number of amides is 2. The highest BCUT2D eigenvalue weighted by Gasteiger charge is 2.53. The van der Waals surface area contributed by atoms with E-state index in [0.717, 1.165) is 36.8 Å². The molecule has 0 aromatic heterocycles. The fourth-order valence-corrected chi connectivity index (χ4v) is 5.01. The summed E-state index contributed by atoms with van der Waals surface area (Å²) in [6.45, 7) is 0. The minimum Gasteiger partial charge on any atom is -0.289 e. The van der Waals surface area contributed by atoms with Gasteiger partial charge in [-0.15, -0.1) is 0 Å². The maximum absolute atomic E-state index is 13.1. The SMILES string of the molecule is CN(NC(=S)CC(=S)NN(C)C(=O)C1(c2ccccc2)CC1)C(=O)C1(c2ccccc2)CC1. The van der Waals surface area contributed by atoms with Gasteiger partial charge in [0.1, 0.15) is 9.98 Å². The van der Waals surface area contributed by atoms with Crippen molar-refractivity contribution in [3.05, 3.63) is 71.8 Å². The number of carbonyl (C=O) groups is 2. The monoisotopic (exact) mass is 480 g/mol. The van der Waals surface area contributed by atoms with Gasteiger partial charge >= 0.3 is 0 Å². The third-order valence-electron chi connectivity index (χ3n) is 6.49. The molecule has 0 radical (unpaired) electrons. The molecule has 2 aromatic carbocycles. The Morgan fingerprint density at radius 3 is 1.36 bits per heavy atom. The van der Waals surface area contributed by atoms with Gasteiger partial charge in [0, 0.05) is 14.1 Å². The van der Waals surface area contributed by atoms with Gasteiger partial charge in [0.25, 0.3) is 11.8 Å². The van der Waals surface area contributed by atoms with Crippen LogP contribution < -0.4 is 10.9 Å². The Kier molecular flexibility index (Phi) is 6.50. The number of hydrazine groups is 2. The Balaban J connectivity index is 1.29. The van der Waals surface area contributed by atoms with Gasteiger partial charge in [0.2, 0.25) is 0 Å². The first kappa shape index (κ1) is 23.3. The highest BCUT2D eigenvalue weighted by Crippen LogP contribution is 2.50. The summed E-state index contributed by atoms with van der Waals surface area (Å²) in [5.41, 5.74) is 7.07. The Labute approximate surface area is 205 Å². The van der Waals surface area contributed by atoms with Gasteiger partial charge in [-0.1, -0.05) is 85.1 Å². The number of carbonyl (C=O) groups excluding carboxylic acids is 2. The van der Waals surface area contributed by atoms with Crippen molar-refractivity contribution in [2.24, 2.45) is 0 Å². The molecule has 0 unspecified atom stereocenters. The Morgan fingerprint density at radius 1 is 0.727 bits per heavy atom. The largest absolute Gasteiger partial charge is 0.289 e. The molecule has 4 rings (SSSR count). The molecule has 2 N–H and O–H groups in total. The zero-order valence-electron chi connectivity index (χ0n) is 18.8. The number of likely N-dealkylation sites (N-methyl/N-ethyl adjacent to an activating group) is 2. The number of hydrogen-bond acceptors (Lipinski definition) is 4. The first-order chi connectivity index (χ1) is 15.8. The van der Waals surface area contributed by atoms with E-state index in [2.05, 4.69) is 10.9 Å².